The number of nitrogens with one attached hydrogen (secondary N) is 1. The molecule has 0 aliphatic heterocycles. The highest BCUT2D eigenvalue weighted by molar-refractivity contribution is 7.98. The molecular formula is C12H22N4S. The summed E-state index contributed by atoms with van der Waals surface area (Å²) in [5.74, 6) is 2.14. The first-order valence-corrected chi connectivity index (χ1v) is 7.40. The van der Waals surface area contributed by atoms with Crippen molar-refractivity contribution >= 4 is 17.6 Å². The molecule has 0 aromatic carbocycles. The molecule has 0 radical (unpaired) electrons. The van der Waals surface area contributed by atoms with Gasteiger partial charge in [0.15, 0.2) is 5.82 Å². The Hall–Kier alpha value is -0.810. The van der Waals surface area contributed by atoms with Crippen LogP contribution in [0.2, 0.25) is 0 Å². The number of thioether (sulfide) groups is 1. The zero-order chi connectivity index (χ0) is 12.5. The van der Waals surface area contributed by atoms with Crippen LogP contribution in [-0.4, -0.2) is 42.3 Å². The van der Waals surface area contributed by atoms with Crippen LogP contribution in [0, 0.1) is 0 Å². The summed E-state index contributed by atoms with van der Waals surface area (Å²) in [4.78, 5) is 2.15. The van der Waals surface area contributed by atoms with Gasteiger partial charge in [-0.15, -0.1) is 5.10 Å². The quantitative estimate of drug-likeness (QED) is 0.716. The molecule has 4 nitrogen and oxygen atoms in total. The minimum atomic E-state index is 0.792. The second-order valence-electron chi connectivity index (χ2n) is 3.93. The molecule has 0 unspecified atom stereocenters. The lowest BCUT2D eigenvalue weighted by molar-refractivity contribution is 0.696. The molecule has 0 fully saturated rings. The first kappa shape index (κ1) is 14.3. The molecule has 0 atom stereocenters. The molecule has 1 rings (SSSR count). The Kier molecular flexibility index (Phi) is 6.96. The molecule has 0 aliphatic carbocycles. The topological polar surface area (TPSA) is 41.0 Å². The summed E-state index contributed by atoms with van der Waals surface area (Å²) in [6.45, 7) is 4.86. The number of hydrogen-bond acceptors (Lipinski definition) is 5. The molecule has 1 N–H and O–H groups in total. The average Bonchev–Trinajstić information content (AvgIpc) is 2.37. The number of rotatable bonds is 8. The number of aromatic nitrogens is 2. The molecule has 17 heavy (non-hydrogen) atoms. The third kappa shape index (κ3) is 5.37. The first-order valence-electron chi connectivity index (χ1n) is 6.01. The molecule has 1 aromatic heterocycles. The van der Waals surface area contributed by atoms with Gasteiger partial charge in [-0.1, -0.05) is 6.92 Å². The summed E-state index contributed by atoms with van der Waals surface area (Å²) in [6.07, 6.45) is 3.31. The van der Waals surface area contributed by atoms with E-state index in [-0.39, 0.29) is 0 Å². The van der Waals surface area contributed by atoms with E-state index < -0.39 is 0 Å². The van der Waals surface area contributed by atoms with E-state index in [1.54, 1.807) is 0 Å². The first-order chi connectivity index (χ1) is 8.27. The van der Waals surface area contributed by atoms with Crippen molar-refractivity contribution in [3.63, 3.8) is 0 Å². The molecule has 0 saturated carbocycles. The van der Waals surface area contributed by atoms with Crippen molar-refractivity contribution in [3.05, 3.63) is 17.8 Å². The minimum absolute atomic E-state index is 0.792. The van der Waals surface area contributed by atoms with Crippen molar-refractivity contribution in [1.82, 2.24) is 15.5 Å². The zero-order valence-electron chi connectivity index (χ0n) is 10.9. The minimum Gasteiger partial charge on any atom is -0.358 e. The normalized spacial score (nSPS) is 10.5. The summed E-state index contributed by atoms with van der Waals surface area (Å²) < 4.78 is 0. The lowest BCUT2D eigenvalue weighted by Crippen LogP contribution is -2.21. The Balaban J connectivity index is 2.43. The highest BCUT2D eigenvalue weighted by Crippen LogP contribution is 2.08. The predicted molar refractivity (Wildman–Crippen MR) is 75.7 cm³/mol. The maximum absolute atomic E-state index is 4.24. The summed E-state index contributed by atoms with van der Waals surface area (Å²) in [5.41, 5.74) is 0.994. The van der Waals surface area contributed by atoms with Crippen LogP contribution in [0.5, 0.6) is 0 Å². The van der Waals surface area contributed by atoms with Crippen LogP contribution in [0.25, 0.3) is 0 Å². The van der Waals surface area contributed by atoms with Crippen molar-refractivity contribution in [2.24, 2.45) is 0 Å². The van der Waals surface area contributed by atoms with E-state index in [1.807, 2.05) is 23.9 Å². The predicted octanol–water partition coefficient (Wildman–Crippen LogP) is 1.78. The fraction of sp³-hybridized carbons (Fsp3) is 0.667. The number of nitrogens with zero attached hydrogens (tertiary/aromatic N) is 3. The zero-order valence-corrected chi connectivity index (χ0v) is 11.8. The van der Waals surface area contributed by atoms with Gasteiger partial charge >= 0.3 is 0 Å². The second kappa shape index (κ2) is 8.31. The Morgan fingerprint density at radius 2 is 2.18 bits per heavy atom. The van der Waals surface area contributed by atoms with E-state index in [2.05, 4.69) is 40.6 Å². The fourth-order valence-electron chi connectivity index (χ4n) is 1.46. The van der Waals surface area contributed by atoms with Crippen LogP contribution in [-0.2, 0) is 6.54 Å². The molecule has 1 aromatic rings. The molecule has 0 aliphatic rings. The summed E-state index contributed by atoms with van der Waals surface area (Å²) in [5, 5.41) is 11.7. The summed E-state index contributed by atoms with van der Waals surface area (Å²) >= 11 is 1.88. The Morgan fingerprint density at radius 1 is 1.35 bits per heavy atom. The Bertz CT molecular complexity index is 302. The largest absolute Gasteiger partial charge is 0.358 e. The molecule has 0 amide bonds. The van der Waals surface area contributed by atoms with Crippen molar-refractivity contribution in [2.75, 3.05) is 37.0 Å². The van der Waals surface area contributed by atoms with E-state index >= 15 is 0 Å². The lowest BCUT2D eigenvalue weighted by atomic mass is 10.3. The Labute approximate surface area is 108 Å². The van der Waals surface area contributed by atoms with Gasteiger partial charge < -0.3 is 10.2 Å². The van der Waals surface area contributed by atoms with Gasteiger partial charge in [-0.2, -0.15) is 16.9 Å². The monoisotopic (exact) mass is 254 g/mol. The molecule has 5 heteroatoms. The summed E-state index contributed by atoms with van der Waals surface area (Å²) in [6, 6.07) is 4.08. The van der Waals surface area contributed by atoms with Gasteiger partial charge in [0.05, 0.1) is 5.69 Å². The molecular weight excluding hydrogens is 232 g/mol. The fourth-order valence-corrected chi connectivity index (χ4v) is 1.88. The molecule has 0 bridgehead atoms. The van der Waals surface area contributed by atoms with Crippen LogP contribution in [0.4, 0.5) is 5.82 Å². The van der Waals surface area contributed by atoms with Crippen LogP contribution < -0.4 is 10.2 Å². The van der Waals surface area contributed by atoms with E-state index in [4.69, 9.17) is 0 Å². The van der Waals surface area contributed by atoms with Crippen molar-refractivity contribution in [1.29, 1.82) is 0 Å². The van der Waals surface area contributed by atoms with Gasteiger partial charge in [0.1, 0.15) is 0 Å². The van der Waals surface area contributed by atoms with Gasteiger partial charge in [-0.3, -0.25) is 0 Å². The third-order valence-electron chi connectivity index (χ3n) is 2.49. The second-order valence-corrected chi connectivity index (χ2v) is 4.92. The third-order valence-corrected chi connectivity index (χ3v) is 3.19. The number of anilines is 1. The van der Waals surface area contributed by atoms with Crippen LogP contribution >= 0.6 is 11.8 Å². The van der Waals surface area contributed by atoms with Gasteiger partial charge in [-0.25, -0.2) is 0 Å². The van der Waals surface area contributed by atoms with Gasteiger partial charge in [0.2, 0.25) is 0 Å². The Morgan fingerprint density at radius 3 is 2.76 bits per heavy atom. The van der Waals surface area contributed by atoms with E-state index in [1.165, 1.54) is 12.2 Å². The van der Waals surface area contributed by atoms with Crippen LogP contribution in [0.1, 0.15) is 19.0 Å². The van der Waals surface area contributed by atoms with Crippen LogP contribution in [0.3, 0.4) is 0 Å². The van der Waals surface area contributed by atoms with Crippen LogP contribution in [0.15, 0.2) is 12.1 Å². The highest BCUT2D eigenvalue weighted by Gasteiger charge is 2.03. The molecule has 0 spiro atoms. The lowest BCUT2D eigenvalue weighted by Gasteiger charge is -2.17. The van der Waals surface area contributed by atoms with E-state index in [0.29, 0.717) is 0 Å². The number of hydrogen-bond donors (Lipinski definition) is 1. The van der Waals surface area contributed by atoms with Gasteiger partial charge in [0.25, 0.3) is 0 Å². The van der Waals surface area contributed by atoms with Crippen molar-refractivity contribution in [3.8, 4) is 0 Å². The SMILES string of the molecule is CCNCc1ccc(N(C)CCCSC)nn1. The van der Waals surface area contributed by atoms with E-state index in [9.17, 15) is 0 Å². The molecule has 0 saturated heterocycles. The van der Waals surface area contributed by atoms with Crippen molar-refractivity contribution < 1.29 is 0 Å². The van der Waals surface area contributed by atoms with Gasteiger partial charge in [-0.05, 0) is 37.1 Å². The molecule has 96 valence electrons. The smallest absolute Gasteiger partial charge is 0.150 e. The standard InChI is InChI=1S/C12H22N4S/c1-4-13-10-11-6-7-12(15-14-11)16(2)8-5-9-17-3/h6-7,13H,4-5,8-10H2,1-3H3. The average molecular weight is 254 g/mol. The maximum atomic E-state index is 4.24. The highest BCUT2D eigenvalue weighted by atomic mass is 32.2. The molecule has 1 heterocycles. The van der Waals surface area contributed by atoms with Crippen molar-refractivity contribution in [2.45, 2.75) is 19.9 Å². The van der Waals surface area contributed by atoms with E-state index in [0.717, 1.165) is 31.1 Å². The van der Waals surface area contributed by atoms with Gasteiger partial charge in [0, 0.05) is 20.1 Å². The maximum Gasteiger partial charge on any atom is 0.150 e. The summed E-state index contributed by atoms with van der Waals surface area (Å²) in [7, 11) is 2.06.